The zero-order chi connectivity index (χ0) is 17.4. The van der Waals surface area contributed by atoms with E-state index in [9.17, 15) is 14.7 Å². The van der Waals surface area contributed by atoms with Gasteiger partial charge in [-0.1, -0.05) is 31.4 Å². The summed E-state index contributed by atoms with van der Waals surface area (Å²) in [7, 11) is 0. The Bertz CT molecular complexity index is 742. The molecule has 0 amide bonds. The SMILES string of the molecule is C#CCn1cc(O)n(COC(=O)[C@H]2[C@@H](C=C(C)C)C2(C)C)c1=O. The molecule has 2 rings (SSSR count). The number of hydrogen-bond acceptors (Lipinski definition) is 4. The minimum atomic E-state index is -0.510. The number of nitrogens with zero attached hydrogens (tertiary/aromatic N) is 2. The van der Waals surface area contributed by atoms with Crippen LogP contribution in [-0.2, 0) is 22.8 Å². The molecule has 1 aliphatic rings. The number of carbonyl (C=O) groups is 1. The monoisotopic (exact) mass is 318 g/mol. The van der Waals surface area contributed by atoms with Crippen molar-refractivity contribution in [1.29, 1.82) is 0 Å². The molecule has 6 nitrogen and oxygen atoms in total. The average molecular weight is 318 g/mol. The minimum Gasteiger partial charge on any atom is -0.493 e. The van der Waals surface area contributed by atoms with E-state index >= 15 is 0 Å². The summed E-state index contributed by atoms with van der Waals surface area (Å²) < 4.78 is 7.37. The summed E-state index contributed by atoms with van der Waals surface area (Å²) in [6.45, 7) is 7.72. The van der Waals surface area contributed by atoms with Crippen molar-refractivity contribution < 1.29 is 14.6 Å². The molecule has 1 saturated carbocycles. The third kappa shape index (κ3) is 3.19. The summed E-state index contributed by atoms with van der Waals surface area (Å²) in [5, 5.41) is 9.75. The molecule has 1 fully saturated rings. The van der Waals surface area contributed by atoms with Gasteiger partial charge in [0.15, 0.2) is 6.73 Å². The van der Waals surface area contributed by atoms with Crippen molar-refractivity contribution in [3.63, 3.8) is 0 Å². The Morgan fingerprint density at radius 2 is 2.17 bits per heavy atom. The zero-order valence-corrected chi connectivity index (χ0v) is 13.9. The number of terminal acetylenes is 1. The van der Waals surface area contributed by atoms with Crippen LogP contribution in [0.25, 0.3) is 0 Å². The summed E-state index contributed by atoms with van der Waals surface area (Å²) in [5.41, 5.74) is 0.485. The minimum absolute atomic E-state index is 0.0473. The maximum atomic E-state index is 12.3. The van der Waals surface area contributed by atoms with Crippen LogP contribution in [-0.4, -0.2) is 20.2 Å². The number of aromatic nitrogens is 2. The molecule has 1 aromatic heterocycles. The predicted molar refractivity (Wildman–Crippen MR) is 85.5 cm³/mol. The maximum Gasteiger partial charge on any atom is 0.334 e. The Morgan fingerprint density at radius 1 is 1.52 bits per heavy atom. The smallest absolute Gasteiger partial charge is 0.334 e. The molecule has 0 bridgehead atoms. The molecule has 1 aromatic rings. The Hall–Kier alpha value is -2.42. The number of carbonyl (C=O) groups excluding carboxylic acids is 1. The molecule has 23 heavy (non-hydrogen) atoms. The maximum absolute atomic E-state index is 12.3. The molecule has 124 valence electrons. The molecule has 1 heterocycles. The van der Waals surface area contributed by atoms with Gasteiger partial charge >= 0.3 is 11.7 Å². The van der Waals surface area contributed by atoms with Crippen LogP contribution < -0.4 is 5.69 Å². The van der Waals surface area contributed by atoms with Crippen molar-refractivity contribution in [2.24, 2.45) is 17.3 Å². The number of allylic oxidation sites excluding steroid dienone is 2. The standard InChI is InChI=1S/C17H22N2O4/c1-6-7-18-9-13(20)19(16(18)22)10-23-15(21)14-12(8-11(2)3)17(14,4)5/h1,8-9,12,14,20H,7,10H2,2-5H3/t12-,14-/m1/s1. The quantitative estimate of drug-likeness (QED) is 0.510. The lowest BCUT2D eigenvalue weighted by molar-refractivity contribution is -0.150. The number of aromatic hydroxyl groups is 1. The summed E-state index contributed by atoms with van der Waals surface area (Å²) in [6.07, 6.45) is 8.45. The largest absolute Gasteiger partial charge is 0.493 e. The van der Waals surface area contributed by atoms with Gasteiger partial charge in [0.25, 0.3) is 0 Å². The van der Waals surface area contributed by atoms with Gasteiger partial charge in [0.2, 0.25) is 5.88 Å². The molecular formula is C17H22N2O4. The first-order valence-electron chi connectivity index (χ1n) is 7.44. The lowest BCUT2D eigenvalue weighted by Gasteiger charge is -2.06. The fourth-order valence-corrected chi connectivity index (χ4v) is 2.87. The first-order chi connectivity index (χ1) is 10.7. The summed E-state index contributed by atoms with van der Waals surface area (Å²) in [5.74, 6) is 1.57. The van der Waals surface area contributed by atoms with Crippen molar-refractivity contribution >= 4 is 5.97 Å². The normalized spacial score (nSPS) is 21.3. The highest BCUT2D eigenvalue weighted by atomic mass is 16.5. The van der Waals surface area contributed by atoms with E-state index in [0.717, 1.165) is 10.1 Å². The highest BCUT2D eigenvalue weighted by Gasteiger charge is 2.61. The van der Waals surface area contributed by atoms with E-state index < -0.39 is 5.69 Å². The van der Waals surface area contributed by atoms with Crippen molar-refractivity contribution in [3.05, 3.63) is 28.3 Å². The van der Waals surface area contributed by atoms with Gasteiger partial charge in [-0.3, -0.25) is 9.36 Å². The van der Waals surface area contributed by atoms with Gasteiger partial charge in [0.05, 0.1) is 18.7 Å². The third-order valence-electron chi connectivity index (χ3n) is 4.30. The summed E-state index contributed by atoms with van der Waals surface area (Å²) in [6, 6.07) is 0. The lowest BCUT2D eigenvalue weighted by Crippen LogP contribution is -2.26. The van der Waals surface area contributed by atoms with Crippen molar-refractivity contribution in [3.8, 4) is 18.2 Å². The highest BCUT2D eigenvalue weighted by Crippen LogP contribution is 2.59. The van der Waals surface area contributed by atoms with Crippen LogP contribution in [0.15, 0.2) is 22.6 Å². The number of imidazole rings is 1. The van der Waals surface area contributed by atoms with Crippen molar-refractivity contribution in [2.45, 2.75) is 41.0 Å². The van der Waals surface area contributed by atoms with Crippen LogP contribution in [0.3, 0.4) is 0 Å². The molecule has 1 N–H and O–H groups in total. The van der Waals surface area contributed by atoms with Crippen molar-refractivity contribution in [1.82, 2.24) is 9.13 Å². The molecule has 0 radical (unpaired) electrons. The van der Waals surface area contributed by atoms with Gasteiger partial charge in [-0.15, -0.1) is 6.42 Å². The Kier molecular flexibility index (Phi) is 4.42. The lowest BCUT2D eigenvalue weighted by atomic mass is 10.1. The fraction of sp³-hybridized carbons (Fsp3) is 0.529. The van der Waals surface area contributed by atoms with Gasteiger partial charge in [0.1, 0.15) is 0 Å². The molecule has 1 aliphatic carbocycles. The first-order valence-corrected chi connectivity index (χ1v) is 7.44. The van der Waals surface area contributed by atoms with E-state index in [2.05, 4.69) is 12.0 Å². The molecular weight excluding hydrogens is 296 g/mol. The van der Waals surface area contributed by atoms with E-state index in [-0.39, 0.29) is 42.4 Å². The topological polar surface area (TPSA) is 73.5 Å². The van der Waals surface area contributed by atoms with E-state index in [0.29, 0.717) is 0 Å². The predicted octanol–water partition coefficient (Wildman–Crippen LogP) is 1.73. The van der Waals surface area contributed by atoms with Crippen LogP contribution in [0.4, 0.5) is 0 Å². The van der Waals surface area contributed by atoms with E-state index in [4.69, 9.17) is 11.2 Å². The number of esters is 1. The van der Waals surface area contributed by atoms with Crippen LogP contribution >= 0.6 is 0 Å². The van der Waals surface area contributed by atoms with Crippen molar-refractivity contribution in [2.75, 3.05) is 0 Å². The Labute approximate surface area is 135 Å². The van der Waals surface area contributed by atoms with Crippen LogP contribution in [0.5, 0.6) is 5.88 Å². The van der Waals surface area contributed by atoms with Gasteiger partial charge < -0.3 is 9.84 Å². The number of ether oxygens (including phenoxy) is 1. The molecule has 0 spiro atoms. The summed E-state index contributed by atoms with van der Waals surface area (Å²) in [4.78, 5) is 24.2. The number of rotatable bonds is 5. The molecule has 0 saturated heterocycles. The molecule has 0 aromatic carbocycles. The van der Waals surface area contributed by atoms with Crippen LogP contribution in [0, 0.1) is 29.6 Å². The molecule has 6 heteroatoms. The zero-order valence-electron chi connectivity index (χ0n) is 13.9. The molecule has 0 aliphatic heterocycles. The number of hydrogen-bond donors (Lipinski definition) is 1. The third-order valence-corrected chi connectivity index (χ3v) is 4.30. The van der Waals surface area contributed by atoms with E-state index in [1.807, 2.05) is 27.7 Å². The Balaban J connectivity index is 2.05. The van der Waals surface area contributed by atoms with E-state index in [1.165, 1.54) is 10.8 Å². The second-order valence-electron chi connectivity index (χ2n) is 6.69. The first kappa shape index (κ1) is 16.9. The van der Waals surface area contributed by atoms with Gasteiger partial charge in [-0.2, -0.15) is 0 Å². The highest BCUT2D eigenvalue weighted by molar-refractivity contribution is 5.78. The van der Waals surface area contributed by atoms with Gasteiger partial charge in [-0.25, -0.2) is 9.36 Å². The summed E-state index contributed by atoms with van der Waals surface area (Å²) >= 11 is 0. The van der Waals surface area contributed by atoms with Crippen LogP contribution in [0.2, 0.25) is 0 Å². The Morgan fingerprint density at radius 3 is 2.74 bits per heavy atom. The fourth-order valence-electron chi connectivity index (χ4n) is 2.87. The van der Waals surface area contributed by atoms with E-state index in [1.54, 1.807) is 0 Å². The van der Waals surface area contributed by atoms with Crippen LogP contribution in [0.1, 0.15) is 27.7 Å². The second kappa shape index (κ2) is 5.99. The molecule has 0 unspecified atom stereocenters. The van der Waals surface area contributed by atoms with Gasteiger partial charge in [0, 0.05) is 0 Å². The second-order valence-corrected chi connectivity index (χ2v) is 6.69. The molecule has 2 atom stereocenters. The average Bonchev–Trinajstić information content (AvgIpc) is 2.85. The van der Waals surface area contributed by atoms with Gasteiger partial charge in [-0.05, 0) is 25.2 Å².